The van der Waals surface area contributed by atoms with Gasteiger partial charge in [-0.3, -0.25) is 10.1 Å². The number of benzene rings is 1. The summed E-state index contributed by atoms with van der Waals surface area (Å²) in [4.78, 5) is 9.55. The van der Waals surface area contributed by atoms with Crippen molar-refractivity contribution >= 4 is 25.6 Å². The normalized spacial score (nSPS) is 14.7. The summed E-state index contributed by atoms with van der Waals surface area (Å²) in [6, 6.07) is 4.10. The van der Waals surface area contributed by atoms with Crippen LogP contribution in [-0.2, 0) is 20.0 Å². The van der Waals surface area contributed by atoms with Crippen molar-refractivity contribution in [1.82, 2.24) is 0 Å². The molecule has 0 saturated heterocycles. The molecule has 1 aromatic carbocycles. The van der Waals surface area contributed by atoms with E-state index in [1.807, 2.05) is 0 Å². The van der Waals surface area contributed by atoms with Gasteiger partial charge in [-0.05, 0) is 12.5 Å². The highest BCUT2D eigenvalue weighted by molar-refractivity contribution is 8.29. The van der Waals surface area contributed by atoms with Gasteiger partial charge in [0, 0.05) is 17.3 Å². The lowest BCUT2D eigenvalue weighted by Crippen LogP contribution is -2.04. The largest absolute Gasteiger partial charge is 0.302 e. The second kappa shape index (κ2) is 3.60. The summed E-state index contributed by atoms with van der Waals surface area (Å²) < 4.78 is 20.3. The highest BCUT2D eigenvalue weighted by Crippen LogP contribution is 2.26. The van der Waals surface area contributed by atoms with Crippen LogP contribution in [-0.4, -0.2) is 13.7 Å². The number of hydrogen-bond acceptors (Lipinski definition) is 4. The third kappa shape index (κ3) is 2.06. The number of nitro benzene ring substituents is 1. The van der Waals surface area contributed by atoms with Crippen LogP contribution in [0.2, 0.25) is 0 Å². The molecule has 1 aromatic rings. The molecule has 14 heavy (non-hydrogen) atoms. The minimum Gasteiger partial charge on any atom is -0.302 e. The van der Waals surface area contributed by atoms with Crippen molar-refractivity contribution in [3.05, 3.63) is 33.9 Å². The first-order chi connectivity index (χ1) is 6.34. The Morgan fingerprint density at radius 2 is 2.14 bits per heavy atom. The molecule has 0 aliphatic rings. The van der Waals surface area contributed by atoms with Gasteiger partial charge in [-0.2, -0.15) is 0 Å². The van der Waals surface area contributed by atoms with Crippen LogP contribution >= 0.6 is 0 Å². The molecule has 1 rings (SSSR count). The molecule has 0 saturated carbocycles. The summed E-state index contributed by atoms with van der Waals surface area (Å²) in [5.74, 6) is 0. The SMILES string of the molecule is Cc1cccc([N+](=O)[O-])c1S(=O)(O)=S. The topological polar surface area (TPSA) is 80.4 Å². The molecule has 0 aliphatic carbocycles. The van der Waals surface area contributed by atoms with E-state index in [4.69, 9.17) is 4.55 Å². The van der Waals surface area contributed by atoms with Crippen molar-refractivity contribution in [1.29, 1.82) is 0 Å². The van der Waals surface area contributed by atoms with Crippen LogP contribution < -0.4 is 0 Å². The average molecular weight is 233 g/mol. The summed E-state index contributed by atoms with van der Waals surface area (Å²) in [5.41, 5.74) is -0.0609. The van der Waals surface area contributed by atoms with Gasteiger partial charge in [-0.25, -0.2) is 4.21 Å². The Kier molecular flexibility index (Phi) is 2.84. The minimum atomic E-state index is -3.72. The summed E-state index contributed by atoms with van der Waals surface area (Å²) in [6.45, 7) is 1.50. The molecule has 0 heterocycles. The Morgan fingerprint density at radius 1 is 1.57 bits per heavy atom. The van der Waals surface area contributed by atoms with Crippen molar-refractivity contribution in [3.8, 4) is 0 Å². The highest BCUT2D eigenvalue weighted by Gasteiger charge is 2.22. The lowest BCUT2D eigenvalue weighted by Gasteiger charge is -2.04. The van der Waals surface area contributed by atoms with E-state index in [9.17, 15) is 14.3 Å². The monoisotopic (exact) mass is 233 g/mol. The summed E-state index contributed by atoms with van der Waals surface area (Å²) >= 11 is 4.32. The maximum absolute atomic E-state index is 11.2. The Labute approximate surface area is 85.4 Å². The zero-order chi connectivity index (χ0) is 10.9. The number of aryl methyl sites for hydroxylation is 1. The smallest absolute Gasteiger partial charge is 0.288 e. The van der Waals surface area contributed by atoms with E-state index in [0.29, 0.717) is 5.56 Å². The van der Waals surface area contributed by atoms with E-state index in [2.05, 4.69) is 11.2 Å². The van der Waals surface area contributed by atoms with Gasteiger partial charge in [0.15, 0.2) is 8.77 Å². The number of nitrogens with zero attached hydrogens (tertiary/aromatic N) is 1. The minimum absolute atomic E-state index is 0.278. The van der Waals surface area contributed by atoms with Crippen LogP contribution in [0.5, 0.6) is 0 Å². The van der Waals surface area contributed by atoms with Crippen molar-refractivity contribution in [2.75, 3.05) is 0 Å². The lowest BCUT2D eigenvalue weighted by atomic mass is 10.2. The van der Waals surface area contributed by atoms with Crippen LogP contribution in [0.4, 0.5) is 5.69 Å². The van der Waals surface area contributed by atoms with Gasteiger partial charge < -0.3 is 4.55 Å². The molecule has 0 aliphatic heterocycles. The Hall–Kier alpha value is -1.05. The molecule has 0 fully saturated rings. The summed E-state index contributed by atoms with van der Waals surface area (Å²) in [6.07, 6.45) is 0. The molecule has 5 nitrogen and oxygen atoms in total. The molecule has 1 atom stereocenters. The lowest BCUT2D eigenvalue weighted by molar-refractivity contribution is -0.387. The van der Waals surface area contributed by atoms with E-state index in [0.717, 1.165) is 6.07 Å². The van der Waals surface area contributed by atoms with Crippen LogP contribution in [0.15, 0.2) is 23.1 Å². The molecular formula is C7H7NO4S2. The zero-order valence-corrected chi connectivity index (χ0v) is 8.80. The molecule has 0 spiro atoms. The molecular weight excluding hydrogens is 226 g/mol. The first kappa shape index (κ1) is 11.0. The maximum atomic E-state index is 11.2. The van der Waals surface area contributed by atoms with E-state index >= 15 is 0 Å². The van der Waals surface area contributed by atoms with Gasteiger partial charge in [-0.15, -0.1) is 0 Å². The molecule has 1 N–H and O–H groups in total. The van der Waals surface area contributed by atoms with Gasteiger partial charge in [0.1, 0.15) is 4.90 Å². The van der Waals surface area contributed by atoms with Crippen LogP contribution in [0.25, 0.3) is 0 Å². The summed E-state index contributed by atoms with van der Waals surface area (Å²) in [7, 11) is -3.72. The maximum Gasteiger partial charge on any atom is 0.288 e. The predicted molar refractivity (Wildman–Crippen MR) is 54.2 cm³/mol. The molecule has 0 radical (unpaired) electrons. The van der Waals surface area contributed by atoms with Crippen molar-refractivity contribution in [2.45, 2.75) is 11.8 Å². The predicted octanol–water partition coefficient (Wildman–Crippen LogP) is 1.48. The Bertz CT molecular complexity index is 480. The van der Waals surface area contributed by atoms with Crippen LogP contribution in [0, 0.1) is 17.0 Å². The van der Waals surface area contributed by atoms with E-state index < -0.39 is 19.4 Å². The third-order valence-corrected chi connectivity index (χ3v) is 3.19. The second-order valence-electron chi connectivity index (χ2n) is 2.66. The first-order valence-electron chi connectivity index (χ1n) is 3.55. The van der Waals surface area contributed by atoms with Gasteiger partial charge in [-0.1, -0.05) is 12.1 Å². The van der Waals surface area contributed by atoms with E-state index in [1.165, 1.54) is 19.1 Å². The fourth-order valence-corrected chi connectivity index (χ4v) is 2.65. The molecule has 1 unspecified atom stereocenters. The van der Waals surface area contributed by atoms with E-state index in [1.54, 1.807) is 0 Å². The number of rotatable bonds is 2. The quantitative estimate of drug-likeness (QED) is 0.618. The van der Waals surface area contributed by atoms with Crippen LogP contribution in [0.3, 0.4) is 0 Å². The molecule has 0 amide bonds. The van der Waals surface area contributed by atoms with Crippen molar-refractivity contribution in [3.63, 3.8) is 0 Å². The van der Waals surface area contributed by atoms with Crippen LogP contribution in [0.1, 0.15) is 5.56 Å². The molecule has 7 heteroatoms. The molecule has 0 bridgehead atoms. The first-order valence-corrected chi connectivity index (χ1v) is 5.99. The fourth-order valence-electron chi connectivity index (χ4n) is 1.12. The summed E-state index contributed by atoms with van der Waals surface area (Å²) in [5, 5.41) is 10.5. The zero-order valence-electron chi connectivity index (χ0n) is 7.17. The van der Waals surface area contributed by atoms with Crippen molar-refractivity contribution < 1.29 is 13.7 Å². The van der Waals surface area contributed by atoms with Gasteiger partial charge in [0.25, 0.3) is 5.69 Å². The number of hydrogen-bond donors (Lipinski definition) is 1. The number of nitro groups is 1. The standard InChI is InChI=1S/C7H7NO4S2/c1-5-3-2-4-6(8(9)10)7(5)14(11,12)13/h2-4H,1H3,(H,11,12,13). The Morgan fingerprint density at radius 3 is 2.50 bits per heavy atom. The second-order valence-corrected chi connectivity index (χ2v) is 5.37. The van der Waals surface area contributed by atoms with Gasteiger partial charge in [0.2, 0.25) is 0 Å². The molecule has 76 valence electrons. The Balaban J connectivity index is 3.62. The third-order valence-electron chi connectivity index (χ3n) is 1.65. The average Bonchev–Trinajstić information content (AvgIpc) is 2.01. The van der Waals surface area contributed by atoms with Crippen molar-refractivity contribution in [2.24, 2.45) is 0 Å². The van der Waals surface area contributed by atoms with Gasteiger partial charge >= 0.3 is 0 Å². The fraction of sp³-hybridized carbons (Fsp3) is 0.143. The molecule has 0 aromatic heterocycles. The van der Waals surface area contributed by atoms with E-state index in [-0.39, 0.29) is 4.90 Å². The highest BCUT2D eigenvalue weighted by atomic mass is 32.8. The van der Waals surface area contributed by atoms with Gasteiger partial charge in [0.05, 0.1) is 4.92 Å².